The molecule has 4 nitrogen and oxygen atoms in total. The van der Waals surface area contributed by atoms with Crippen LogP contribution in [-0.4, -0.2) is 15.5 Å². The van der Waals surface area contributed by atoms with Gasteiger partial charge in [-0.25, -0.2) is 17.5 Å². The maximum absolute atomic E-state index is 13.3. The quantitative estimate of drug-likeness (QED) is 0.881. The Hall–Kier alpha value is -1.92. The first-order valence-corrected chi connectivity index (χ1v) is 8.90. The van der Waals surface area contributed by atoms with Crippen molar-refractivity contribution < 1.29 is 17.5 Å². The van der Waals surface area contributed by atoms with Gasteiger partial charge in [0.2, 0.25) is 10.0 Å². The van der Waals surface area contributed by atoms with Crippen LogP contribution in [0.2, 0.25) is 0 Å². The number of nitrogens with one attached hydrogen (secondary N) is 1. The number of ether oxygens (including phenoxy) is 1. The molecule has 122 valence electrons. The van der Waals surface area contributed by atoms with E-state index in [1.165, 1.54) is 18.2 Å². The molecule has 1 aliphatic carbocycles. The zero-order valence-corrected chi connectivity index (χ0v) is 13.5. The summed E-state index contributed by atoms with van der Waals surface area (Å²) in [6, 6.07) is 12.1. The van der Waals surface area contributed by atoms with Gasteiger partial charge >= 0.3 is 0 Å². The monoisotopic (exact) mass is 335 g/mol. The molecule has 1 atom stereocenters. The second-order valence-electron chi connectivity index (χ2n) is 5.67. The zero-order valence-electron chi connectivity index (χ0n) is 12.7. The summed E-state index contributed by atoms with van der Waals surface area (Å²) in [4.78, 5) is -0.0586. The van der Waals surface area contributed by atoms with Crippen molar-refractivity contribution in [2.45, 2.75) is 23.8 Å². The average Bonchev–Trinajstić information content (AvgIpc) is 3.38. The third-order valence-corrected chi connectivity index (χ3v) is 5.40. The lowest BCUT2D eigenvalue weighted by atomic mass is 10.0. The zero-order chi connectivity index (χ0) is 16.4. The smallest absolute Gasteiger partial charge is 0.241 e. The molecule has 2 aromatic carbocycles. The fourth-order valence-electron chi connectivity index (χ4n) is 2.55. The Bertz CT molecular complexity index is 786. The van der Waals surface area contributed by atoms with Crippen molar-refractivity contribution >= 4 is 10.0 Å². The van der Waals surface area contributed by atoms with Crippen LogP contribution in [-0.2, 0) is 10.0 Å². The summed E-state index contributed by atoms with van der Waals surface area (Å²) in [5, 5.41) is 0. The third kappa shape index (κ3) is 3.71. The predicted octanol–water partition coefficient (Wildman–Crippen LogP) is 3.26. The summed E-state index contributed by atoms with van der Waals surface area (Å²) in [6.45, 7) is 0. The Kier molecular flexibility index (Phi) is 4.37. The molecular weight excluding hydrogens is 317 g/mol. The van der Waals surface area contributed by atoms with Crippen molar-refractivity contribution in [3.63, 3.8) is 0 Å². The first-order valence-electron chi connectivity index (χ1n) is 7.41. The van der Waals surface area contributed by atoms with Gasteiger partial charge in [0.05, 0.1) is 12.0 Å². The van der Waals surface area contributed by atoms with E-state index in [9.17, 15) is 12.8 Å². The van der Waals surface area contributed by atoms with E-state index in [1.54, 1.807) is 19.2 Å². The Morgan fingerprint density at radius 2 is 1.87 bits per heavy atom. The highest BCUT2D eigenvalue weighted by molar-refractivity contribution is 7.89. The third-order valence-electron chi connectivity index (χ3n) is 3.96. The molecule has 0 radical (unpaired) electrons. The minimum atomic E-state index is -3.77. The van der Waals surface area contributed by atoms with E-state index in [-0.39, 0.29) is 16.9 Å². The van der Waals surface area contributed by atoms with Crippen LogP contribution in [0.25, 0.3) is 0 Å². The lowest BCUT2D eigenvalue weighted by molar-refractivity contribution is 0.414. The molecule has 1 N–H and O–H groups in total. The molecular formula is C17H18FNO3S. The molecule has 0 spiro atoms. The molecule has 1 aliphatic rings. The summed E-state index contributed by atoms with van der Waals surface area (Å²) in [5.74, 6) is 0.420. The highest BCUT2D eigenvalue weighted by Gasteiger charge is 2.35. The minimum absolute atomic E-state index is 0.0586. The number of hydrogen-bond acceptors (Lipinski definition) is 3. The van der Waals surface area contributed by atoms with Gasteiger partial charge < -0.3 is 4.74 Å². The fraction of sp³-hybridized carbons (Fsp3) is 0.294. The molecule has 3 rings (SSSR count). The molecule has 0 heterocycles. The second kappa shape index (κ2) is 6.29. The van der Waals surface area contributed by atoms with E-state index in [1.807, 2.05) is 12.1 Å². The molecule has 0 bridgehead atoms. The van der Waals surface area contributed by atoms with E-state index in [0.29, 0.717) is 0 Å². The normalized spacial score (nSPS) is 16.1. The lowest BCUT2D eigenvalue weighted by Gasteiger charge is -2.19. The number of methoxy groups -OCH3 is 1. The molecule has 0 amide bonds. The van der Waals surface area contributed by atoms with Crippen molar-refractivity contribution in [3.05, 3.63) is 59.9 Å². The second-order valence-corrected chi connectivity index (χ2v) is 7.38. The fourth-order valence-corrected chi connectivity index (χ4v) is 3.87. The van der Waals surface area contributed by atoms with Crippen molar-refractivity contribution in [2.24, 2.45) is 5.92 Å². The van der Waals surface area contributed by atoms with E-state index >= 15 is 0 Å². The van der Waals surface area contributed by atoms with E-state index in [0.717, 1.165) is 30.2 Å². The Labute approximate surface area is 135 Å². The molecule has 0 aromatic heterocycles. The minimum Gasteiger partial charge on any atom is -0.497 e. The lowest BCUT2D eigenvalue weighted by Crippen LogP contribution is -2.30. The van der Waals surface area contributed by atoms with Gasteiger partial charge in [-0.3, -0.25) is 0 Å². The molecule has 1 fully saturated rings. The van der Waals surface area contributed by atoms with Gasteiger partial charge in [0.15, 0.2) is 0 Å². The van der Waals surface area contributed by atoms with Gasteiger partial charge in [-0.05, 0) is 54.7 Å². The Morgan fingerprint density at radius 1 is 1.17 bits per heavy atom. The summed E-state index contributed by atoms with van der Waals surface area (Å²) < 4.78 is 46.2. The Balaban J connectivity index is 1.87. The Morgan fingerprint density at radius 3 is 2.43 bits per heavy atom. The maximum atomic E-state index is 13.3. The first kappa shape index (κ1) is 16.0. The van der Waals surface area contributed by atoms with Crippen LogP contribution < -0.4 is 9.46 Å². The number of hydrogen-bond donors (Lipinski definition) is 1. The largest absolute Gasteiger partial charge is 0.497 e. The maximum Gasteiger partial charge on any atom is 0.241 e. The number of benzene rings is 2. The molecule has 1 unspecified atom stereocenters. The van der Waals surface area contributed by atoms with Gasteiger partial charge in [0.25, 0.3) is 0 Å². The van der Waals surface area contributed by atoms with E-state index < -0.39 is 15.8 Å². The first-order chi connectivity index (χ1) is 11.0. The summed E-state index contributed by atoms with van der Waals surface area (Å²) in [7, 11) is -2.19. The number of rotatable bonds is 6. The van der Waals surface area contributed by atoms with E-state index in [4.69, 9.17) is 4.74 Å². The highest BCUT2D eigenvalue weighted by Crippen LogP contribution is 2.42. The molecule has 0 aliphatic heterocycles. The van der Waals surface area contributed by atoms with Gasteiger partial charge in [-0.1, -0.05) is 18.2 Å². The summed E-state index contributed by atoms with van der Waals surface area (Å²) >= 11 is 0. The van der Waals surface area contributed by atoms with Crippen LogP contribution in [0.15, 0.2) is 53.4 Å². The van der Waals surface area contributed by atoms with Crippen molar-refractivity contribution in [2.75, 3.05) is 7.11 Å². The molecule has 2 aromatic rings. The SMILES string of the molecule is COc1ccc(C(NS(=O)(=O)c2cccc(F)c2)C2CC2)cc1. The number of halogens is 1. The summed E-state index contributed by atoms with van der Waals surface area (Å²) in [5.41, 5.74) is 0.883. The van der Waals surface area contributed by atoms with Crippen LogP contribution in [0.4, 0.5) is 4.39 Å². The standard InChI is InChI=1S/C17H18FNO3S/c1-22-15-9-7-13(8-10-15)17(12-5-6-12)19-23(20,21)16-4-2-3-14(18)11-16/h2-4,7-12,17,19H,5-6H2,1H3. The highest BCUT2D eigenvalue weighted by atomic mass is 32.2. The summed E-state index contributed by atoms with van der Waals surface area (Å²) in [6.07, 6.45) is 1.95. The van der Waals surface area contributed by atoms with Crippen LogP contribution in [0.1, 0.15) is 24.4 Å². The number of sulfonamides is 1. The molecule has 1 saturated carbocycles. The van der Waals surface area contributed by atoms with Crippen molar-refractivity contribution in [3.8, 4) is 5.75 Å². The molecule has 6 heteroatoms. The van der Waals surface area contributed by atoms with Crippen LogP contribution in [0.5, 0.6) is 5.75 Å². The van der Waals surface area contributed by atoms with Crippen LogP contribution in [0.3, 0.4) is 0 Å². The van der Waals surface area contributed by atoms with E-state index in [2.05, 4.69) is 4.72 Å². The van der Waals surface area contributed by atoms with Crippen LogP contribution >= 0.6 is 0 Å². The van der Waals surface area contributed by atoms with Gasteiger partial charge in [-0.2, -0.15) is 0 Å². The van der Waals surface area contributed by atoms with Crippen LogP contribution in [0, 0.1) is 11.7 Å². The average molecular weight is 335 g/mol. The topological polar surface area (TPSA) is 55.4 Å². The van der Waals surface area contributed by atoms with Gasteiger partial charge in [-0.15, -0.1) is 0 Å². The van der Waals surface area contributed by atoms with Crippen molar-refractivity contribution in [1.82, 2.24) is 4.72 Å². The van der Waals surface area contributed by atoms with Gasteiger partial charge in [0.1, 0.15) is 11.6 Å². The predicted molar refractivity (Wildman–Crippen MR) is 85.2 cm³/mol. The van der Waals surface area contributed by atoms with Crippen molar-refractivity contribution in [1.29, 1.82) is 0 Å². The van der Waals surface area contributed by atoms with Gasteiger partial charge in [0, 0.05) is 6.04 Å². The molecule has 23 heavy (non-hydrogen) atoms. The molecule has 0 saturated heterocycles.